The lowest BCUT2D eigenvalue weighted by Crippen LogP contribution is -2.17. The number of benzene rings is 2. The molecule has 1 unspecified atom stereocenters. The second kappa shape index (κ2) is 7.38. The van der Waals surface area contributed by atoms with E-state index in [2.05, 4.69) is 31.9 Å². The van der Waals surface area contributed by atoms with Gasteiger partial charge in [-0.1, -0.05) is 12.1 Å². The SMILES string of the molecule is CC(N)Cc1cc(Br)c(OCc2cccc(F)c2)c(Br)c1. The number of nitrogens with two attached hydrogens (primary N) is 1. The van der Waals surface area contributed by atoms with Gasteiger partial charge < -0.3 is 10.5 Å². The van der Waals surface area contributed by atoms with Gasteiger partial charge in [0.05, 0.1) is 8.95 Å². The zero-order chi connectivity index (χ0) is 15.4. The van der Waals surface area contributed by atoms with Crippen molar-refractivity contribution in [2.24, 2.45) is 5.73 Å². The molecular formula is C16H16Br2FNO. The molecule has 2 N–H and O–H groups in total. The Morgan fingerprint density at radius 1 is 1.14 bits per heavy atom. The van der Waals surface area contributed by atoms with Gasteiger partial charge in [0.15, 0.2) is 0 Å². The van der Waals surface area contributed by atoms with Crippen LogP contribution in [0.1, 0.15) is 18.1 Å². The highest BCUT2D eigenvalue weighted by atomic mass is 79.9. The first-order valence-electron chi connectivity index (χ1n) is 6.56. The Bertz CT molecular complexity index is 608. The van der Waals surface area contributed by atoms with E-state index in [0.29, 0.717) is 12.4 Å². The summed E-state index contributed by atoms with van der Waals surface area (Å²) in [4.78, 5) is 0. The highest BCUT2D eigenvalue weighted by Crippen LogP contribution is 2.35. The second-order valence-electron chi connectivity index (χ2n) is 4.99. The van der Waals surface area contributed by atoms with Crippen LogP contribution >= 0.6 is 31.9 Å². The molecule has 2 aromatic rings. The van der Waals surface area contributed by atoms with E-state index in [9.17, 15) is 4.39 Å². The van der Waals surface area contributed by atoms with Crippen LogP contribution in [0.25, 0.3) is 0 Å². The first kappa shape index (κ1) is 16.5. The van der Waals surface area contributed by atoms with Crippen molar-refractivity contribution in [3.8, 4) is 5.75 Å². The van der Waals surface area contributed by atoms with E-state index in [4.69, 9.17) is 10.5 Å². The minimum atomic E-state index is -0.262. The summed E-state index contributed by atoms with van der Waals surface area (Å²) in [5, 5.41) is 0. The Hall–Kier alpha value is -0.910. The van der Waals surface area contributed by atoms with Crippen molar-refractivity contribution in [3.05, 3.63) is 62.3 Å². The lowest BCUT2D eigenvalue weighted by molar-refractivity contribution is 0.301. The van der Waals surface area contributed by atoms with Crippen molar-refractivity contribution >= 4 is 31.9 Å². The number of hydrogen-bond acceptors (Lipinski definition) is 2. The average Bonchev–Trinajstić information content (AvgIpc) is 2.37. The maximum absolute atomic E-state index is 13.1. The van der Waals surface area contributed by atoms with E-state index < -0.39 is 0 Å². The fraction of sp³-hybridized carbons (Fsp3) is 0.250. The molecule has 5 heteroatoms. The first-order valence-corrected chi connectivity index (χ1v) is 8.15. The quantitative estimate of drug-likeness (QED) is 0.758. The van der Waals surface area contributed by atoms with E-state index in [-0.39, 0.29) is 11.9 Å². The summed E-state index contributed by atoms with van der Waals surface area (Å²) in [6.07, 6.45) is 0.793. The number of hydrogen-bond donors (Lipinski definition) is 1. The summed E-state index contributed by atoms with van der Waals surface area (Å²) in [7, 11) is 0. The largest absolute Gasteiger partial charge is 0.487 e. The summed E-state index contributed by atoms with van der Waals surface area (Å²) >= 11 is 7.01. The van der Waals surface area contributed by atoms with Crippen LogP contribution in [-0.2, 0) is 13.0 Å². The van der Waals surface area contributed by atoms with Crippen LogP contribution in [0.4, 0.5) is 4.39 Å². The Morgan fingerprint density at radius 3 is 2.38 bits per heavy atom. The highest BCUT2D eigenvalue weighted by molar-refractivity contribution is 9.11. The van der Waals surface area contributed by atoms with Crippen molar-refractivity contribution in [3.63, 3.8) is 0 Å². The summed E-state index contributed by atoms with van der Waals surface area (Å²) in [6, 6.07) is 10.5. The van der Waals surface area contributed by atoms with Crippen LogP contribution < -0.4 is 10.5 Å². The number of ether oxygens (including phenoxy) is 1. The van der Waals surface area contributed by atoms with Crippen LogP contribution in [0.2, 0.25) is 0 Å². The van der Waals surface area contributed by atoms with Crippen molar-refractivity contribution in [1.29, 1.82) is 0 Å². The van der Waals surface area contributed by atoms with E-state index in [1.54, 1.807) is 6.07 Å². The van der Waals surface area contributed by atoms with Gasteiger partial charge in [0.1, 0.15) is 18.2 Å². The van der Waals surface area contributed by atoms with Crippen molar-refractivity contribution in [2.75, 3.05) is 0 Å². The fourth-order valence-electron chi connectivity index (χ4n) is 2.02. The van der Waals surface area contributed by atoms with Crippen molar-refractivity contribution < 1.29 is 9.13 Å². The number of halogens is 3. The Labute approximate surface area is 140 Å². The van der Waals surface area contributed by atoms with Gasteiger partial charge in [-0.05, 0) is 80.6 Å². The predicted molar refractivity (Wildman–Crippen MR) is 89.9 cm³/mol. The molecule has 1 atom stereocenters. The van der Waals surface area contributed by atoms with Crippen LogP contribution in [0, 0.1) is 5.82 Å². The van der Waals surface area contributed by atoms with Gasteiger partial charge in [0, 0.05) is 6.04 Å². The van der Waals surface area contributed by atoms with Gasteiger partial charge in [0.2, 0.25) is 0 Å². The van der Waals surface area contributed by atoms with Gasteiger partial charge in [-0.3, -0.25) is 0 Å². The monoisotopic (exact) mass is 415 g/mol. The van der Waals surface area contributed by atoms with Crippen LogP contribution in [0.3, 0.4) is 0 Å². The zero-order valence-corrected chi connectivity index (χ0v) is 14.7. The molecule has 0 aromatic heterocycles. The molecule has 2 rings (SSSR count). The normalized spacial score (nSPS) is 12.2. The van der Waals surface area contributed by atoms with Crippen LogP contribution in [0.15, 0.2) is 45.3 Å². The molecule has 0 bridgehead atoms. The highest BCUT2D eigenvalue weighted by Gasteiger charge is 2.10. The molecule has 112 valence electrons. The lowest BCUT2D eigenvalue weighted by Gasteiger charge is -2.13. The minimum Gasteiger partial charge on any atom is -0.487 e. The van der Waals surface area contributed by atoms with Crippen LogP contribution in [0.5, 0.6) is 5.75 Å². The Kier molecular flexibility index (Phi) is 5.79. The molecular weight excluding hydrogens is 401 g/mol. The summed E-state index contributed by atoms with van der Waals surface area (Å²) in [5.74, 6) is 0.439. The van der Waals surface area contributed by atoms with Gasteiger partial charge in [-0.25, -0.2) is 4.39 Å². The van der Waals surface area contributed by atoms with Gasteiger partial charge >= 0.3 is 0 Å². The predicted octanol–water partition coefficient (Wildman–Crippen LogP) is 4.82. The molecule has 0 aliphatic rings. The third-order valence-electron chi connectivity index (χ3n) is 2.89. The molecule has 0 fully saturated rings. The van der Waals surface area contributed by atoms with Crippen molar-refractivity contribution in [1.82, 2.24) is 0 Å². The lowest BCUT2D eigenvalue weighted by atomic mass is 10.1. The Morgan fingerprint density at radius 2 is 1.81 bits per heavy atom. The molecule has 0 heterocycles. The topological polar surface area (TPSA) is 35.2 Å². The second-order valence-corrected chi connectivity index (χ2v) is 6.70. The molecule has 0 saturated carbocycles. The van der Waals surface area contributed by atoms with Crippen LogP contribution in [-0.4, -0.2) is 6.04 Å². The van der Waals surface area contributed by atoms with Gasteiger partial charge in [-0.2, -0.15) is 0 Å². The summed E-state index contributed by atoms with van der Waals surface area (Å²) < 4.78 is 20.6. The average molecular weight is 417 g/mol. The maximum atomic E-state index is 13.1. The molecule has 21 heavy (non-hydrogen) atoms. The Balaban J connectivity index is 2.13. The van der Waals surface area contributed by atoms with Gasteiger partial charge in [0.25, 0.3) is 0 Å². The third-order valence-corrected chi connectivity index (χ3v) is 4.07. The molecule has 0 spiro atoms. The molecule has 0 saturated heterocycles. The standard InChI is InChI=1S/C16H16Br2FNO/c1-10(20)5-12-7-14(17)16(15(18)8-12)21-9-11-3-2-4-13(19)6-11/h2-4,6-8,10H,5,9,20H2,1H3. The van der Waals surface area contributed by atoms with E-state index in [0.717, 1.165) is 26.5 Å². The third kappa shape index (κ3) is 4.80. The summed E-state index contributed by atoms with van der Waals surface area (Å²) in [6.45, 7) is 2.28. The minimum absolute atomic E-state index is 0.0999. The first-order chi connectivity index (χ1) is 9.95. The zero-order valence-electron chi connectivity index (χ0n) is 11.6. The van der Waals surface area contributed by atoms with Crippen molar-refractivity contribution in [2.45, 2.75) is 26.0 Å². The molecule has 0 aliphatic carbocycles. The molecule has 2 nitrogen and oxygen atoms in total. The molecule has 0 radical (unpaired) electrons. The molecule has 0 amide bonds. The van der Waals surface area contributed by atoms with E-state index >= 15 is 0 Å². The van der Waals surface area contributed by atoms with E-state index in [1.807, 2.05) is 25.1 Å². The van der Waals surface area contributed by atoms with E-state index in [1.165, 1.54) is 12.1 Å². The molecule has 2 aromatic carbocycles. The smallest absolute Gasteiger partial charge is 0.148 e. The molecule has 0 aliphatic heterocycles. The van der Waals surface area contributed by atoms with Gasteiger partial charge in [-0.15, -0.1) is 0 Å². The number of rotatable bonds is 5. The summed E-state index contributed by atoms with van der Waals surface area (Å²) in [5.41, 5.74) is 7.73. The maximum Gasteiger partial charge on any atom is 0.148 e. The fourth-order valence-corrected chi connectivity index (χ4v) is 3.53.